The summed E-state index contributed by atoms with van der Waals surface area (Å²) in [7, 11) is -3.22. The highest BCUT2D eigenvalue weighted by Crippen LogP contribution is 2.47. The predicted octanol–water partition coefficient (Wildman–Crippen LogP) is 8.56. The minimum absolute atomic E-state index is 0.00645. The highest BCUT2D eigenvalue weighted by atomic mass is 31.2. The number of ether oxygens (including phenoxy) is 1. The summed E-state index contributed by atoms with van der Waals surface area (Å²) in [6, 6.07) is 9.09. The van der Waals surface area contributed by atoms with Crippen molar-refractivity contribution >= 4 is 30.3 Å². The van der Waals surface area contributed by atoms with Crippen molar-refractivity contribution in [3.63, 3.8) is 0 Å². The lowest BCUT2D eigenvalue weighted by molar-refractivity contribution is -0.121. The first-order chi connectivity index (χ1) is 23.9. The van der Waals surface area contributed by atoms with E-state index in [0.717, 1.165) is 44.9 Å². The maximum absolute atomic E-state index is 13.9. The summed E-state index contributed by atoms with van der Waals surface area (Å²) in [4.78, 5) is 24.9. The van der Waals surface area contributed by atoms with Crippen molar-refractivity contribution in [2.45, 2.75) is 84.3 Å². The maximum atomic E-state index is 13.9. The van der Waals surface area contributed by atoms with E-state index < -0.39 is 7.37 Å². The largest absolute Gasteiger partial charge is 0.441 e. The molecule has 2 heterocycles. The summed E-state index contributed by atoms with van der Waals surface area (Å²) >= 11 is 0. The number of unbranched alkanes of at least 4 members (excludes halogenated alkanes) is 1. The predicted molar refractivity (Wildman–Crippen MR) is 201 cm³/mol. The molecule has 11 heteroatoms. The van der Waals surface area contributed by atoms with E-state index in [0.29, 0.717) is 48.7 Å². The van der Waals surface area contributed by atoms with Crippen LogP contribution < -0.4 is 15.6 Å². The van der Waals surface area contributed by atoms with Crippen molar-refractivity contribution in [3.8, 4) is 5.75 Å². The second-order valence-electron chi connectivity index (χ2n) is 11.7. The molecule has 0 radical (unpaired) electrons. The van der Waals surface area contributed by atoms with Gasteiger partial charge in [0, 0.05) is 19.1 Å². The Kier molecular flexibility index (Phi) is 18.5. The lowest BCUT2D eigenvalue weighted by Gasteiger charge is -2.22. The Morgan fingerprint density at radius 2 is 1.57 bits per heavy atom. The molecule has 264 valence electrons. The first kappa shape index (κ1) is 39.2. The van der Waals surface area contributed by atoms with Gasteiger partial charge < -0.3 is 24.9 Å². The Balaban J connectivity index is 1.31. The minimum atomic E-state index is -3.22. The molecule has 10 nitrogen and oxygen atoms in total. The number of nitrogen functional groups attached to an aromatic ring is 1. The standard InChI is InChI=1S/C38H53N6O4P/c1-3-4-5-6-7-8-9-10-11-12-13-14-15-16-17-18-22-26-35(45)40-27-23-28-49(46,48-34-24-20-19-21-25-34)32-47-33(2)29-44-31-43-36-37(39)41-30-42-38(36)44/h4-5,7-8,10-11,13-14,16-17,19-21,24-25,30-31,33H,3,6,9,12,15,18,22-23,26-29,32H2,1-2H3,(H,40,45)(H2,39,41,42)/b5-4-,8-7-,11-10-,14-13-,17-16-/t33-,49?/m1/s1. The number of hydrogen-bond donors (Lipinski definition) is 2. The molecule has 0 saturated carbocycles. The van der Waals surface area contributed by atoms with Crippen LogP contribution in [0.5, 0.6) is 5.75 Å². The number of nitrogens with one attached hydrogen (secondary N) is 1. The number of imidazole rings is 1. The van der Waals surface area contributed by atoms with Gasteiger partial charge in [0.25, 0.3) is 7.37 Å². The average molecular weight is 689 g/mol. The molecule has 1 unspecified atom stereocenters. The van der Waals surface area contributed by atoms with Crippen LogP contribution in [0.25, 0.3) is 11.2 Å². The zero-order valence-corrected chi connectivity index (χ0v) is 29.9. The fraction of sp³-hybridized carbons (Fsp3) is 0.421. The molecule has 0 aliphatic carbocycles. The second-order valence-corrected chi connectivity index (χ2v) is 14.2. The van der Waals surface area contributed by atoms with Gasteiger partial charge >= 0.3 is 0 Å². The third-order valence-electron chi connectivity index (χ3n) is 7.38. The van der Waals surface area contributed by atoms with Crippen molar-refractivity contribution < 1.29 is 18.6 Å². The summed E-state index contributed by atoms with van der Waals surface area (Å²) in [6.45, 7) is 4.89. The first-order valence-electron chi connectivity index (χ1n) is 17.3. The van der Waals surface area contributed by atoms with Crippen LogP contribution in [0.15, 0.2) is 104 Å². The lowest BCUT2D eigenvalue weighted by atomic mass is 10.2. The minimum Gasteiger partial charge on any atom is -0.441 e. The van der Waals surface area contributed by atoms with Crippen LogP contribution in [0.2, 0.25) is 0 Å². The molecule has 49 heavy (non-hydrogen) atoms. The molecule has 0 spiro atoms. The summed E-state index contributed by atoms with van der Waals surface area (Å²) in [5.41, 5.74) is 7.04. The van der Waals surface area contributed by atoms with Gasteiger partial charge in [-0.1, -0.05) is 85.9 Å². The Hall–Kier alpha value is -4.27. The number of fused-ring (bicyclic) bond motifs is 1. The molecule has 1 amide bonds. The smallest absolute Gasteiger partial charge is 0.272 e. The van der Waals surface area contributed by atoms with Gasteiger partial charge in [-0.15, -0.1) is 0 Å². The number of para-hydroxylation sites is 1. The molecular formula is C38H53N6O4P. The number of rotatable bonds is 24. The SMILES string of the molecule is CC/C=C\C/C=C\C/C=C\C/C=C\C/C=C\CCCC(=O)NCCCP(=O)(CO[C@H](C)Cn1cnc2c(N)ncnc21)Oc1ccccc1. The van der Waals surface area contributed by atoms with Gasteiger partial charge in [0.1, 0.15) is 23.9 Å². The van der Waals surface area contributed by atoms with Crippen LogP contribution in [-0.4, -0.2) is 50.6 Å². The first-order valence-corrected chi connectivity index (χ1v) is 19.3. The number of amides is 1. The molecule has 2 atom stereocenters. The highest BCUT2D eigenvalue weighted by Gasteiger charge is 2.26. The molecule has 0 aliphatic rings. The molecule has 3 aromatic rings. The Morgan fingerprint density at radius 1 is 0.918 bits per heavy atom. The summed E-state index contributed by atoms with van der Waals surface area (Å²) in [5.74, 6) is 0.831. The summed E-state index contributed by atoms with van der Waals surface area (Å²) in [6.07, 6.45) is 32.2. The van der Waals surface area contributed by atoms with Crippen LogP contribution in [0, 0.1) is 0 Å². The van der Waals surface area contributed by atoms with Crippen LogP contribution in [0.4, 0.5) is 5.82 Å². The monoisotopic (exact) mass is 688 g/mol. The molecule has 0 bridgehead atoms. The van der Waals surface area contributed by atoms with E-state index in [2.05, 4.69) is 88.0 Å². The number of nitrogens with zero attached hydrogens (tertiary/aromatic N) is 4. The van der Waals surface area contributed by atoms with Crippen molar-refractivity contribution in [1.82, 2.24) is 24.8 Å². The van der Waals surface area contributed by atoms with Gasteiger partial charge in [0.2, 0.25) is 5.91 Å². The van der Waals surface area contributed by atoms with Crippen LogP contribution >= 0.6 is 7.37 Å². The van der Waals surface area contributed by atoms with Crippen LogP contribution in [-0.2, 0) is 20.6 Å². The number of carbonyl (C=O) groups is 1. The fourth-order valence-electron chi connectivity index (χ4n) is 4.80. The van der Waals surface area contributed by atoms with E-state index in [1.807, 2.05) is 29.7 Å². The van der Waals surface area contributed by atoms with E-state index in [-0.39, 0.29) is 24.5 Å². The molecule has 0 aliphatic heterocycles. The molecule has 1 aromatic carbocycles. The lowest BCUT2D eigenvalue weighted by Crippen LogP contribution is -2.25. The average Bonchev–Trinajstić information content (AvgIpc) is 3.51. The topological polar surface area (TPSA) is 134 Å². The number of allylic oxidation sites excluding steroid dienone is 10. The van der Waals surface area contributed by atoms with Gasteiger partial charge in [0.15, 0.2) is 11.5 Å². The van der Waals surface area contributed by atoms with Gasteiger partial charge in [-0.25, -0.2) is 15.0 Å². The molecule has 0 saturated heterocycles. The Labute approximate surface area is 291 Å². The van der Waals surface area contributed by atoms with Crippen LogP contribution in [0.1, 0.15) is 71.6 Å². The highest BCUT2D eigenvalue weighted by molar-refractivity contribution is 7.59. The third-order valence-corrected chi connectivity index (χ3v) is 9.47. The van der Waals surface area contributed by atoms with Crippen LogP contribution in [0.3, 0.4) is 0 Å². The number of benzene rings is 1. The number of nitrogens with two attached hydrogens (primary N) is 1. The zero-order chi connectivity index (χ0) is 35.0. The van der Waals surface area contributed by atoms with Crippen molar-refractivity contribution in [2.24, 2.45) is 0 Å². The number of carbonyl (C=O) groups excluding carboxylic acids is 1. The van der Waals surface area contributed by atoms with Crippen molar-refractivity contribution in [1.29, 1.82) is 0 Å². The number of hydrogen-bond acceptors (Lipinski definition) is 8. The molecule has 0 fully saturated rings. The third kappa shape index (κ3) is 16.1. The summed E-state index contributed by atoms with van der Waals surface area (Å²) < 4.78 is 27.8. The fourth-order valence-corrected chi connectivity index (χ4v) is 6.70. The van der Waals surface area contributed by atoms with Gasteiger partial charge in [-0.2, -0.15) is 0 Å². The van der Waals surface area contributed by atoms with Gasteiger partial charge in [0.05, 0.1) is 19.0 Å². The molecule has 2 aromatic heterocycles. The quantitative estimate of drug-likeness (QED) is 0.0543. The summed E-state index contributed by atoms with van der Waals surface area (Å²) in [5, 5.41) is 2.95. The molecule has 3 N–H and O–H groups in total. The maximum Gasteiger partial charge on any atom is 0.272 e. The van der Waals surface area contributed by atoms with E-state index in [4.69, 9.17) is 15.0 Å². The van der Waals surface area contributed by atoms with E-state index in [1.54, 1.807) is 18.5 Å². The molecular weight excluding hydrogens is 635 g/mol. The van der Waals surface area contributed by atoms with E-state index >= 15 is 0 Å². The van der Waals surface area contributed by atoms with Gasteiger partial charge in [-0.05, 0) is 70.4 Å². The Bertz CT molecular complexity index is 1580. The van der Waals surface area contributed by atoms with E-state index in [1.165, 1.54) is 6.33 Å². The number of anilines is 1. The molecule has 3 rings (SSSR count). The second kappa shape index (κ2) is 23.1. The Morgan fingerprint density at radius 3 is 2.24 bits per heavy atom. The van der Waals surface area contributed by atoms with Crippen molar-refractivity contribution in [2.75, 3.05) is 24.8 Å². The van der Waals surface area contributed by atoms with E-state index in [9.17, 15) is 9.36 Å². The van der Waals surface area contributed by atoms with Gasteiger partial charge in [-0.3, -0.25) is 9.36 Å². The van der Waals surface area contributed by atoms with Crippen molar-refractivity contribution in [3.05, 3.63) is 104 Å². The number of aromatic nitrogens is 4. The normalized spacial score (nSPS) is 14.2. The zero-order valence-electron chi connectivity index (χ0n) is 29.0.